The van der Waals surface area contributed by atoms with Crippen molar-refractivity contribution >= 4 is 17.5 Å². The largest absolute Gasteiger partial charge is 0.493 e. The Balaban J connectivity index is 1.49. The zero-order valence-electron chi connectivity index (χ0n) is 42.1. The minimum atomic E-state index is -0.845. The molecule has 70 heavy (non-hydrogen) atoms. The van der Waals surface area contributed by atoms with Crippen LogP contribution in [0.2, 0.25) is 0 Å². The van der Waals surface area contributed by atoms with Crippen LogP contribution in [0.4, 0.5) is 5.69 Å². The molecule has 0 atom stereocenters. The van der Waals surface area contributed by atoms with Gasteiger partial charge in [0.1, 0.15) is 11.4 Å². The molecular formula is C59H85N7O4. The fourth-order valence-electron chi connectivity index (χ4n) is 9.70. The van der Waals surface area contributed by atoms with Crippen LogP contribution in [0.3, 0.4) is 0 Å². The van der Waals surface area contributed by atoms with Gasteiger partial charge in [-0.1, -0.05) is 162 Å². The fourth-order valence-corrected chi connectivity index (χ4v) is 9.70. The maximum absolute atomic E-state index is 15.0. The summed E-state index contributed by atoms with van der Waals surface area (Å²) in [7, 11) is 0. The molecule has 0 fully saturated rings. The van der Waals surface area contributed by atoms with Crippen molar-refractivity contribution in [2.45, 2.75) is 160 Å². The quantitative estimate of drug-likeness (QED) is 0.0117. The van der Waals surface area contributed by atoms with Crippen LogP contribution < -0.4 is 38.5 Å². The van der Waals surface area contributed by atoms with Crippen LogP contribution in [-0.2, 0) is 42.6 Å². The van der Waals surface area contributed by atoms with Crippen LogP contribution in [0.1, 0.15) is 172 Å². The van der Waals surface area contributed by atoms with E-state index in [9.17, 15) is 10.0 Å². The second-order valence-electron chi connectivity index (χ2n) is 19.1. The minimum Gasteiger partial charge on any atom is -0.493 e. The van der Waals surface area contributed by atoms with Gasteiger partial charge in [0, 0.05) is 24.3 Å². The number of ether oxygens (including phenoxy) is 1. The van der Waals surface area contributed by atoms with Gasteiger partial charge in [0.05, 0.1) is 12.1 Å². The number of anilines is 1. The number of rotatable bonds is 36. The van der Waals surface area contributed by atoms with E-state index in [0.29, 0.717) is 51.2 Å². The molecule has 0 aliphatic heterocycles. The molecular weight excluding hydrogens is 871 g/mol. The highest BCUT2D eigenvalue weighted by Gasteiger charge is 2.31. The van der Waals surface area contributed by atoms with Crippen LogP contribution in [0.15, 0.2) is 109 Å². The third-order valence-corrected chi connectivity index (χ3v) is 13.7. The minimum absolute atomic E-state index is 0.0470. The van der Waals surface area contributed by atoms with Crippen LogP contribution in [0.25, 0.3) is 0 Å². The fraction of sp³-hybridized carbons (Fsp3) is 0.492. The lowest BCUT2D eigenvalue weighted by Gasteiger charge is -2.31. The Morgan fingerprint density at radius 2 is 1.03 bits per heavy atom. The molecule has 11 nitrogen and oxygen atoms in total. The summed E-state index contributed by atoms with van der Waals surface area (Å²) in [5.41, 5.74) is 34.1. The lowest BCUT2D eigenvalue weighted by molar-refractivity contribution is -0.129. The van der Waals surface area contributed by atoms with Crippen molar-refractivity contribution in [3.63, 3.8) is 0 Å². The van der Waals surface area contributed by atoms with Gasteiger partial charge in [0.15, 0.2) is 0 Å². The van der Waals surface area contributed by atoms with E-state index in [1.807, 2.05) is 60.7 Å². The van der Waals surface area contributed by atoms with Gasteiger partial charge in [-0.2, -0.15) is 0 Å². The molecule has 0 radical (unpaired) electrons. The lowest BCUT2D eigenvalue weighted by atomic mass is 9.79. The molecule has 1 aromatic heterocycles. The molecule has 0 bridgehead atoms. The summed E-state index contributed by atoms with van der Waals surface area (Å²) in [4.78, 5) is 27.6. The average molecular weight is 956 g/mol. The number of nitrogens with zero attached hydrogens (tertiary/aromatic N) is 1. The lowest BCUT2D eigenvalue weighted by Crippen LogP contribution is -2.38. The second kappa shape index (κ2) is 31.8. The molecule has 5 aromatic rings. The van der Waals surface area contributed by atoms with Gasteiger partial charge < -0.3 is 37.6 Å². The number of hydrogen-bond donors (Lipinski definition) is 7. The molecule has 4 aromatic carbocycles. The molecule has 0 saturated carbocycles. The number of carbonyl (C=O) groups is 2. The van der Waals surface area contributed by atoms with Crippen LogP contribution in [0.5, 0.6) is 5.75 Å². The smallest absolute Gasteiger partial charge is 0.272 e. The van der Waals surface area contributed by atoms with E-state index in [4.69, 9.17) is 27.7 Å². The number of unbranched alkanes of at least 4 members (excludes halogenated alkanes) is 14. The number of nitrogens with one attached hydrogen (secondary N) is 2. The molecule has 1 heterocycles. The maximum atomic E-state index is 15.0. The highest BCUT2D eigenvalue weighted by atomic mass is 16.5. The normalized spacial score (nSPS) is 11.5. The summed E-state index contributed by atoms with van der Waals surface area (Å²) in [5.74, 6) is 0.237. The van der Waals surface area contributed by atoms with E-state index in [1.165, 1.54) is 38.5 Å². The molecule has 0 spiro atoms. The summed E-state index contributed by atoms with van der Waals surface area (Å²) in [6.07, 6.45) is 22.2. The molecule has 11 heteroatoms. The van der Waals surface area contributed by atoms with Gasteiger partial charge >= 0.3 is 0 Å². The van der Waals surface area contributed by atoms with E-state index in [1.54, 1.807) is 5.48 Å². The first kappa shape index (κ1) is 55.6. The Hall–Kier alpha value is -5.30. The Kier molecular flexibility index (Phi) is 25.3. The summed E-state index contributed by atoms with van der Waals surface area (Å²) in [6.45, 7) is 3.26. The Labute approximate surface area is 419 Å². The van der Waals surface area contributed by atoms with Crippen molar-refractivity contribution in [3.8, 4) is 5.75 Å². The zero-order chi connectivity index (χ0) is 49.7. The summed E-state index contributed by atoms with van der Waals surface area (Å²) < 4.78 is 8.89. The number of hydrogen-bond acceptors (Lipinski definition) is 8. The zero-order valence-corrected chi connectivity index (χ0v) is 42.1. The van der Waals surface area contributed by atoms with Crippen molar-refractivity contribution in [2.24, 2.45) is 22.9 Å². The first-order chi connectivity index (χ1) is 34.3. The predicted octanol–water partition coefficient (Wildman–Crippen LogP) is 11.0. The monoisotopic (exact) mass is 956 g/mol. The Morgan fingerprint density at radius 1 is 0.557 bits per heavy atom. The Morgan fingerprint density at radius 3 is 1.53 bits per heavy atom. The van der Waals surface area contributed by atoms with Gasteiger partial charge in [-0.25, -0.2) is 5.48 Å². The summed E-state index contributed by atoms with van der Waals surface area (Å²) in [5, 5.41) is 12.9. The van der Waals surface area contributed by atoms with Crippen LogP contribution in [-0.4, -0.2) is 47.8 Å². The maximum Gasteiger partial charge on any atom is 0.272 e. The van der Waals surface area contributed by atoms with Crippen molar-refractivity contribution in [1.29, 1.82) is 0 Å². The molecule has 0 unspecified atom stereocenters. The molecule has 0 aliphatic carbocycles. The first-order valence-electron chi connectivity index (χ1n) is 26.6. The summed E-state index contributed by atoms with van der Waals surface area (Å²) >= 11 is 0. The van der Waals surface area contributed by atoms with Gasteiger partial charge in [-0.15, -0.1) is 0 Å². The molecule has 5 rings (SSSR count). The SMILES string of the molecule is NCCCCCCCCCCCOc1c(CCCCCCN)cc(NC(=O)c2cc(CCC(=O)NO)c(CCC(N)(c3ccccc3)c3ccccc3)n2Cc2ccccc2)cc1CCCCCCN. The highest BCUT2D eigenvalue weighted by Crippen LogP contribution is 2.35. The number of aromatic nitrogens is 1. The van der Waals surface area contributed by atoms with E-state index in [-0.39, 0.29) is 12.3 Å². The molecule has 2 amide bonds. The van der Waals surface area contributed by atoms with Gasteiger partial charge in [0.2, 0.25) is 5.91 Å². The Bertz CT molecular complexity index is 2160. The second-order valence-corrected chi connectivity index (χ2v) is 19.1. The van der Waals surface area contributed by atoms with Crippen molar-refractivity contribution in [1.82, 2.24) is 10.0 Å². The number of aryl methyl sites for hydroxylation is 3. The van der Waals surface area contributed by atoms with E-state index in [2.05, 4.69) is 58.4 Å². The molecule has 11 N–H and O–H groups in total. The van der Waals surface area contributed by atoms with Crippen molar-refractivity contribution in [3.05, 3.63) is 154 Å². The van der Waals surface area contributed by atoms with Crippen molar-refractivity contribution in [2.75, 3.05) is 31.6 Å². The standard InChI is InChI=1S/C59H85N7O4/c60-39-23-8-4-2-1-3-5-11-26-42-70-57-49(29-17-6-9-24-40-61)43-53(44-50(57)30-18-7-10-25-41-62)64-58(68)55-45-48(35-36-56(67)65-69)54(66(55)46-47-27-15-12-16-28-47)37-38-59(63,51-31-19-13-20-32-51)52-33-21-14-22-34-52/h12-16,19-22,27-28,31-34,43-45,69H,1-11,17-18,23-26,29-30,35-42,46,60-63H2,(H,64,68)(H,65,67). The van der Waals surface area contributed by atoms with Crippen molar-refractivity contribution < 1.29 is 19.5 Å². The van der Waals surface area contributed by atoms with E-state index >= 15 is 4.79 Å². The molecule has 380 valence electrons. The first-order valence-corrected chi connectivity index (χ1v) is 26.6. The molecule has 0 saturated heterocycles. The highest BCUT2D eigenvalue weighted by molar-refractivity contribution is 6.03. The summed E-state index contributed by atoms with van der Waals surface area (Å²) in [6, 6.07) is 36.6. The topological polar surface area (TPSA) is 197 Å². The number of benzene rings is 4. The number of hydroxylamine groups is 1. The average Bonchev–Trinajstić information content (AvgIpc) is 3.73. The van der Waals surface area contributed by atoms with Gasteiger partial charge in [-0.3, -0.25) is 14.8 Å². The number of amides is 2. The number of nitrogens with two attached hydrogens (primary N) is 4. The third kappa shape index (κ3) is 18.1. The van der Waals surface area contributed by atoms with Gasteiger partial charge in [-0.05, 0) is 142 Å². The molecule has 0 aliphatic rings. The number of carbonyl (C=O) groups excluding carboxylic acids is 2. The van der Waals surface area contributed by atoms with E-state index < -0.39 is 11.4 Å². The predicted molar refractivity (Wildman–Crippen MR) is 287 cm³/mol. The van der Waals surface area contributed by atoms with E-state index in [0.717, 1.165) is 141 Å². The van der Waals surface area contributed by atoms with Crippen LogP contribution >= 0.6 is 0 Å². The van der Waals surface area contributed by atoms with Gasteiger partial charge in [0.25, 0.3) is 5.91 Å². The third-order valence-electron chi connectivity index (χ3n) is 13.7. The van der Waals surface area contributed by atoms with Crippen LogP contribution in [0, 0.1) is 0 Å².